The van der Waals surface area contributed by atoms with Gasteiger partial charge in [0.2, 0.25) is 0 Å². The van der Waals surface area contributed by atoms with Crippen molar-refractivity contribution >= 4 is 42.6 Å². The summed E-state index contributed by atoms with van der Waals surface area (Å²) in [5.41, 5.74) is 10.2. The summed E-state index contributed by atoms with van der Waals surface area (Å²) in [7, 11) is 2.22. The molecule has 33 heavy (non-hydrogen) atoms. The zero-order valence-electron chi connectivity index (χ0n) is 18.7. The topological polar surface area (TPSA) is 4.93 Å². The number of nitrogens with zero attached hydrogens (tertiary/aromatic N) is 1. The van der Waals surface area contributed by atoms with Crippen LogP contribution in [0.4, 0.5) is 0 Å². The van der Waals surface area contributed by atoms with E-state index in [0.29, 0.717) is 0 Å². The van der Waals surface area contributed by atoms with E-state index in [4.69, 9.17) is 0 Å². The molecule has 1 aromatic heterocycles. The fourth-order valence-electron chi connectivity index (χ4n) is 5.62. The van der Waals surface area contributed by atoms with E-state index in [1.807, 2.05) is 0 Å². The van der Waals surface area contributed by atoms with Crippen molar-refractivity contribution in [2.75, 3.05) is 0 Å². The fourth-order valence-corrected chi connectivity index (χ4v) is 6.65. The Morgan fingerprint density at radius 3 is 2.06 bits per heavy atom. The van der Waals surface area contributed by atoms with Crippen molar-refractivity contribution in [1.29, 1.82) is 0 Å². The minimum absolute atomic E-state index is 0.305. The van der Waals surface area contributed by atoms with Gasteiger partial charge in [0, 0.05) is 38.1 Å². The molecule has 160 valence electrons. The lowest BCUT2D eigenvalue weighted by molar-refractivity contribution is 0.692. The van der Waals surface area contributed by atoms with Gasteiger partial charge in [-0.2, -0.15) is 0 Å². The molecule has 0 bridgehead atoms. The molecule has 1 unspecified atom stereocenters. The number of para-hydroxylation sites is 1. The first-order chi connectivity index (χ1) is 16.1. The maximum absolute atomic E-state index is 2.58. The normalized spacial score (nSPS) is 17.5. The van der Waals surface area contributed by atoms with Crippen LogP contribution in [0.3, 0.4) is 0 Å². The first-order valence-corrected chi connectivity index (χ1v) is 12.4. The molecule has 1 heterocycles. The van der Waals surface area contributed by atoms with Crippen molar-refractivity contribution in [2.24, 2.45) is 7.05 Å². The molecule has 0 saturated heterocycles. The van der Waals surface area contributed by atoms with E-state index in [2.05, 4.69) is 150 Å². The summed E-state index contributed by atoms with van der Waals surface area (Å²) < 4.78 is 3.69. The van der Waals surface area contributed by atoms with Crippen molar-refractivity contribution in [3.8, 4) is 0 Å². The molecule has 0 radical (unpaired) electrons. The molecular weight excluding hydrogens is 513 g/mol. The molecule has 0 amide bonds. The summed E-state index contributed by atoms with van der Waals surface area (Å²) in [6.07, 6.45) is 0. The SMILES string of the molecule is Cn1c2c(c3ccccc31)C(C)(c1ccccc1)c1ccccc1C(I)=C2c1ccccc1. The molecule has 1 aliphatic rings. The minimum Gasteiger partial charge on any atom is -0.343 e. The molecule has 0 fully saturated rings. The Balaban J connectivity index is 1.88. The van der Waals surface area contributed by atoms with E-state index in [9.17, 15) is 0 Å². The molecule has 6 rings (SSSR count). The average Bonchev–Trinajstić information content (AvgIpc) is 3.13. The fraction of sp³-hybridized carbons (Fsp3) is 0.0968. The van der Waals surface area contributed by atoms with Crippen LogP contribution in [0.25, 0.3) is 20.1 Å². The molecule has 0 spiro atoms. The van der Waals surface area contributed by atoms with Crippen molar-refractivity contribution in [2.45, 2.75) is 12.3 Å². The molecule has 0 aliphatic heterocycles. The van der Waals surface area contributed by atoms with Crippen LogP contribution < -0.4 is 0 Å². The molecule has 2 heteroatoms. The Morgan fingerprint density at radius 2 is 1.30 bits per heavy atom. The van der Waals surface area contributed by atoms with E-state index in [1.54, 1.807) is 0 Å². The van der Waals surface area contributed by atoms with Crippen LogP contribution in [0.15, 0.2) is 109 Å². The van der Waals surface area contributed by atoms with Gasteiger partial charge in [-0.25, -0.2) is 0 Å². The zero-order valence-corrected chi connectivity index (χ0v) is 20.9. The van der Waals surface area contributed by atoms with Crippen molar-refractivity contribution in [3.63, 3.8) is 0 Å². The number of hydrogen-bond acceptors (Lipinski definition) is 0. The molecule has 1 nitrogen and oxygen atoms in total. The van der Waals surface area contributed by atoms with Gasteiger partial charge in [-0.1, -0.05) is 103 Å². The molecule has 1 aliphatic carbocycles. The van der Waals surface area contributed by atoms with E-state index >= 15 is 0 Å². The van der Waals surface area contributed by atoms with Gasteiger partial charge in [0.1, 0.15) is 0 Å². The third kappa shape index (κ3) is 2.90. The van der Waals surface area contributed by atoms with Gasteiger partial charge in [-0.3, -0.25) is 0 Å². The minimum atomic E-state index is -0.305. The van der Waals surface area contributed by atoms with E-state index in [0.717, 1.165) is 0 Å². The van der Waals surface area contributed by atoms with E-state index < -0.39 is 0 Å². The monoisotopic (exact) mass is 537 g/mol. The zero-order chi connectivity index (χ0) is 22.6. The quantitative estimate of drug-likeness (QED) is 0.200. The highest BCUT2D eigenvalue weighted by Crippen LogP contribution is 2.54. The van der Waals surface area contributed by atoms with Crippen LogP contribution in [0, 0.1) is 0 Å². The van der Waals surface area contributed by atoms with Crippen LogP contribution in [-0.2, 0) is 12.5 Å². The van der Waals surface area contributed by atoms with Gasteiger partial charge in [0.05, 0.1) is 5.69 Å². The Kier molecular flexibility index (Phi) is 4.81. The second-order valence-electron chi connectivity index (χ2n) is 8.89. The van der Waals surface area contributed by atoms with Crippen LogP contribution in [0.5, 0.6) is 0 Å². The lowest BCUT2D eigenvalue weighted by Crippen LogP contribution is -2.27. The predicted octanol–water partition coefficient (Wildman–Crippen LogP) is 8.20. The number of rotatable bonds is 2. The second kappa shape index (κ2) is 7.74. The van der Waals surface area contributed by atoms with Crippen molar-refractivity contribution in [1.82, 2.24) is 4.57 Å². The lowest BCUT2D eigenvalue weighted by Gasteiger charge is -2.33. The van der Waals surface area contributed by atoms with Crippen LogP contribution in [0.1, 0.15) is 40.4 Å². The summed E-state index contributed by atoms with van der Waals surface area (Å²) in [5, 5.41) is 1.32. The number of fused-ring (bicyclic) bond motifs is 4. The maximum Gasteiger partial charge on any atom is 0.0550 e. The Labute approximate surface area is 208 Å². The van der Waals surface area contributed by atoms with Gasteiger partial charge >= 0.3 is 0 Å². The molecule has 1 atom stereocenters. The van der Waals surface area contributed by atoms with Crippen molar-refractivity contribution in [3.05, 3.63) is 143 Å². The van der Waals surface area contributed by atoms with Gasteiger partial charge in [-0.05, 0) is 57.8 Å². The predicted molar refractivity (Wildman–Crippen MR) is 148 cm³/mol. The lowest BCUT2D eigenvalue weighted by atomic mass is 9.69. The third-order valence-electron chi connectivity index (χ3n) is 7.18. The highest BCUT2D eigenvalue weighted by Gasteiger charge is 2.42. The third-order valence-corrected chi connectivity index (χ3v) is 8.30. The van der Waals surface area contributed by atoms with Crippen LogP contribution in [0.2, 0.25) is 0 Å². The maximum atomic E-state index is 2.58. The highest BCUT2D eigenvalue weighted by molar-refractivity contribution is 14.1. The number of benzene rings is 4. The Hall–Kier alpha value is -3.11. The number of halogens is 1. The number of aromatic nitrogens is 1. The highest BCUT2D eigenvalue weighted by atomic mass is 127. The van der Waals surface area contributed by atoms with Gasteiger partial charge in [0.25, 0.3) is 0 Å². The molecule has 5 aromatic rings. The smallest absolute Gasteiger partial charge is 0.0550 e. The summed E-state index contributed by atoms with van der Waals surface area (Å²) in [6.45, 7) is 2.41. The molecule has 0 N–H and O–H groups in total. The standard InChI is InChI=1S/C31H24IN/c1-31(22-15-7-4-8-16-22)25-19-11-9-17-23(25)29(32)27(21-13-5-3-6-14-21)30-28(31)24-18-10-12-20-26(24)33(30)2/h3-20H,1-2H3. The van der Waals surface area contributed by atoms with Gasteiger partial charge in [0.15, 0.2) is 0 Å². The van der Waals surface area contributed by atoms with Crippen LogP contribution in [-0.4, -0.2) is 4.57 Å². The second-order valence-corrected chi connectivity index (χ2v) is 9.97. The van der Waals surface area contributed by atoms with Gasteiger partial charge < -0.3 is 4.57 Å². The van der Waals surface area contributed by atoms with Crippen molar-refractivity contribution < 1.29 is 0 Å². The largest absolute Gasteiger partial charge is 0.343 e. The number of aryl methyl sites for hydroxylation is 1. The first-order valence-electron chi connectivity index (χ1n) is 11.3. The van der Waals surface area contributed by atoms with E-state index in [-0.39, 0.29) is 5.41 Å². The Bertz CT molecular complexity index is 1530. The van der Waals surface area contributed by atoms with Gasteiger partial charge in [-0.15, -0.1) is 0 Å². The average molecular weight is 537 g/mol. The number of hydrogen-bond donors (Lipinski definition) is 0. The molecule has 4 aromatic carbocycles. The Morgan fingerprint density at radius 1 is 0.697 bits per heavy atom. The summed E-state index contributed by atoms with van der Waals surface area (Å²) in [6, 6.07) is 39.7. The molecule has 0 saturated carbocycles. The first kappa shape index (κ1) is 20.5. The summed E-state index contributed by atoms with van der Waals surface area (Å²) >= 11 is 2.58. The summed E-state index contributed by atoms with van der Waals surface area (Å²) in [5.74, 6) is 0. The van der Waals surface area contributed by atoms with Crippen LogP contribution >= 0.6 is 22.6 Å². The van der Waals surface area contributed by atoms with E-state index in [1.165, 1.54) is 53.6 Å². The molecular formula is C31H24IN. The summed E-state index contributed by atoms with van der Waals surface area (Å²) in [4.78, 5) is 0.